The van der Waals surface area contributed by atoms with Crippen LogP contribution in [0.15, 0.2) is 22.8 Å². The SMILES string of the molecule is CCOC(=O)c1c(NC(=O)C2CCN(C(=O)c3ccco3)CC2)sc2c1CCS(=O)(=O)C2. The lowest BCUT2D eigenvalue weighted by molar-refractivity contribution is -0.121. The molecule has 2 aliphatic rings. The zero-order valence-corrected chi connectivity index (χ0v) is 19.2. The number of carbonyl (C=O) groups excluding carboxylic acids is 3. The van der Waals surface area contributed by atoms with E-state index in [4.69, 9.17) is 9.15 Å². The van der Waals surface area contributed by atoms with Crippen LogP contribution in [-0.4, -0.2) is 56.6 Å². The molecule has 2 amide bonds. The topological polar surface area (TPSA) is 123 Å². The number of anilines is 1. The van der Waals surface area contributed by atoms with Crippen LogP contribution in [0, 0.1) is 5.92 Å². The van der Waals surface area contributed by atoms with E-state index in [0.29, 0.717) is 41.4 Å². The second kappa shape index (κ2) is 9.07. The van der Waals surface area contributed by atoms with Gasteiger partial charge in [0.15, 0.2) is 15.6 Å². The summed E-state index contributed by atoms with van der Waals surface area (Å²) in [5, 5.41) is 3.18. The Balaban J connectivity index is 1.47. The average molecular weight is 481 g/mol. The van der Waals surface area contributed by atoms with Crippen molar-refractivity contribution in [2.45, 2.75) is 31.9 Å². The number of rotatable bonds is 5. The number of esters is 1. The number of hydrogen-bond donors (Lipinski definition) is 1. The quantitative estimate of drug-likeness (QED) is 0.652. The summed E-state index contributed by atoms with van der Waals surface area (Å²) in [7, 11) is -3.22. The molecule has 2 aliphatic heterocycles. The largest absolute Gasteiger partial charge is 0.462 e. The van der Waals surface area contributed by atoms with E-state index in [1.807, 2.05) is 0 Å². The van der Waals surface area contributed by atoms with Gasteiger partial charge in [0.2, 0.25) is 5.91 Å². The van der Waals surface area contributed by atoms with Gasteiger partial charge >= 0.3 is 5.97 Å². The molecule has 2 aromatic rings. The Hall–Kier alpha value is -2.66. The third kappa shape index (κ3) is 4.58. The number of furan rings is 1. The van der Waals surface area contributed by atoms with Gasteiger partial charge in [-0.2, -0.15) is 0 Å². The monoisotopic (exact) mass is 480 g/mol. The summed E-state index contributed by atoms with van der Waals surface area (Å²) in [5.74, 6) is -1.23. The fraction of sp³-hybridized carbons (Fsp3) is 0.476. The van der Waals surface area contributed by atoms with Crippen LogP contribution in [0.4, 0.5) is 5.00 Å². The minimum Gasteiger partial charge on any atom is -0.462 e. The number of nitrogens with one attached hydrogen (secondary N) is 1. The van der Waals surface area contributed by atoms with Gasteiger partial charge in [0, 0.05) is 23.9 Å². The third-order valence-corrected chi connectivity index (χ3v) is 8.59. The zero-order valence-electron chi connectivity index (χ0n) is 17.6. The van der Waals surface area contributed by atoms with Crippen molar-refractivity contribution in [3.8, 4) is 0 Å². The van der Waals surface area contributed by atoms with Crippen molar-refractivity contribution in [3.63, 3.8) is 0 Å². The van der Waals surface area contributed by atoms with Gasteiger partial charge in [-0.3, -0.25) is 9.59 Å². The summed E-state index contributed by atoms with van der Waals surface area (Å²) in [6, 6.07) is 3.26. The van der Waals surface area contributed by atoms with E-state index in [0.717, 1.165) is 11.3 Å². The molecule has 0 bridgehead atoms. The van der Waals surface area contributed by atoms with E-state index in [-0.39, 0.29) is 53.6 Å². The van der Waals surface area contributed by atoms with Crippen molar-refractivity contribution >= 4 is 44.0 Å². The van der Waals surface area contributed by atoms with E-state index in [1.54, 1.807) is 24.0 Å². The standard InChI is InChI=1S/C21H24N2O7S2/c1-2-29-21(26)17-14-7-11-32(27,28)12-16(14)31-19(17)22-18(24)13-5-8-23(9-6-13)20(25)15-4-3-10-30-15/h3-4,10,13H,2,5-9,11-12H2,1H3,(H,22,24). The Kier molecular flexibility index (Phi) is 6.38. The third-order valence-electron chi connectivity index (χ3n) is 5.71. The minimum absolute atomic E-state index is 0.0291. The first kappa shape index (κ1) is 22.5. The van der Waals surface area contributed by atoms with Crippen molar-refractivity contribution in [1.82, 2.24) is 4.90 Å². The van der Waals surface area contributed by atoms with E-state index in [9.17, 15) is 22.8 Å². The number of hydrogen-bond acceptors (Lipinski definition) is 8. The molecule has 1 saturated heterocycles. The summed E-state index contributed by atoms with van der Waals surface area (Å²) in [5.41, 5.74) is 0.915. The highest BCUT2D eigenvalue weighted by Crippen LogP contribution is 2.39. The van der Waals surface area contributed by atoms with Gasteiger partial charge in [0.25, 0.3) is 5.91 Å². The summed E-state index contributed by atoms with van der Waals surface area (Å²) in [6.45, 7) is 2.71. The maximum Gasteiger partial charge on any atom is 0.341 e. The second-order valence-electron chi connectivity index (χ2n) is 7.80. The Morgan fingerprint density at radius 1 is 1.28 bits per heavy atom. The summed E-state index contributed by atoms with van der Waals surface area (Å²) < 4.78 is 34.4. The molecule has 11 heteroatoms. The lowest BCUT2D eigenvalue weighted by Crippen LogP contribution is -2.41. The van der Waals surface area contributed by atoms with Crippen LogP contribution < -0.4 is 5.32 Å². The first-order valence-electron chi connectivity index (χ1n) is 10.4. The number of nitrogens with zero attached hydrogens (tertiary/aromatic N) is 1. The molecule has 0 radical (unpaired) electrons. The van der Waals surface area contributed by atoms with Gasteiger partial charge in [-0.05, 0) is 43.9 Å². The van der Waals surface area contributed by atoms with Crippen molar-refractivity contribution in [1.29, 1.82) is 0 Å². The summed E-state index contributed by atoms with van der Waals surface area (Å²) >= 11 is 1.13. The number of carbonyl (C=O) groups is 3. The Labute approximate surface area is 189 Å². The number of sulfone groups is 1. The van der Waals surface area contributed by atoms with Crippen LogP contribution in [0.25, 0.3) is 0 Å². The average Bonchev–Trinajstić information content (AvgIpc) is 3.40. The van der Waals surface area contributed by atoms with Gasteiger partial charge in [0.1, 0.15) is 5.00 Å². The molecule has 2 aromatic heterocycles. The summed E-state index contributed by atoms with van der Waals surface area (Å²) in [4.78, 5) is 40.2. The Morgan fingerprint density at radius 2 is 2.03 bits per heavy atom. The molecule has 0 unspecified atom stereocenters. The number of piperidine rings is 1. The molecule has 0 aliphatic carbocycles. The van der Waals surface area contributed by atoms with Crippen LogP contribution in [0.3, 0.4) is 0 Å². The van der Waals surface area contributed by atoms with E-state index in [1.165, 1.54) is 6.26 Å². The first-order valence-corrected chi connectivity index (χ1v) is 13.1. The zero-order chi connectivity index (χ0) is 22.9. The van der Waals surface area contributed by atoms with Gasteiger partial charge in [-0.25, -0.2) is 13.2 Å². The molecule has 32 heavy (non-hydrogen) atoms. The molecule has 1 fully saturated rings. The predicted octanol–water partition coefficient (Wildman–Crippen LogP) is 2.48. The van der Waals surface area contributed by atoms with Crippen molar-refractivity contribution < 1.29 is 32.0 Å². The fourth-order valence-electron chi connectivity index (χ4n) is 4.04. The first-order chi connectivity index (χ1) is 15.3. The second-order valence-corrected chi connectivity index (χ2v) is 11.1. The molecule has 172 valence electrons. The van der Waals surface area contributed by atoms with Crippen molar-refractivity contribution in [2.75, 3.05) is 30.8 Å². The lowest BCUT2D eigenvalue weighted by Gasteiger charge is -2.30. The molecular formula is C21H24N2O7S2. The van der Waals surface area contributed by atoms with Crippen LogP contribution >= 0.6 is 11.3 Å². The molecule has 0 atom stereocenters. The highest BCUT2D eigenvalue weighted by atomic mass is 32.2. The van der Waals surface area contributed by atoms with Crippen molar-refractivity contribution in [2.24, 2.45) is 5.92 Å². The molecule has 0 spiro atoms. The van der Waals surface area contributed by atoms with E-state index < -0.39 is 15.8 Å². The van der Waals surface area contributed by atoms with Crippen LogP contribution in [0.2, 0.25) is 0 Å². The highest BCUT2D eigenvalue weighted by molar-refractivity contribution is 7.90. The van der Waals surface area contributed by atoms with Gasteiger partial charge in [-0.1, -0.05) is 0 Å². The molecule has 0 aromatic carbocycles. The normalized spacial score (nSPS) is 18.1. The number of thiophene rings is 1. The van der Waals surface area contributed by atoms with Gasteiger partial charge in [-0.15, -0.1) is 11.3 Å². The molecule has 9 nitrogen and oxygen atoms in total. The van der Waals surface area contributed by atoms with E-state index in [2.05, 4.69) is 5.32 Å². The lowest BCUT2D eigenvalue weighted by atomic mass is 9.95. The summed E-state index contributed by atoms with van der Waals surface area (Å²) in [6.07, 6.45) is 2.63. The Bertz CT molecular complexity index is 1130. The fourth-order valence-corrected chi connectivity index (χ4v) is 7.09. The minimum atomic E-state index is -3.22. The van der Waals surface area contributed by atoms with Crippen LogP contribution in [-0.2, 0) is 31.5 Å². The number of amides is 2. The number of likely N-dealkylation sites (tertiary alicyclic amines) is 1. The molecular weight excluding hydrogens is 456 g/mol. The highest BCUT2D eigenvalue weighted by Gasteiger charge is 2.34. The van der Waals surface area contributed by atoms with Crippen molar-refractivity contribution in [3.05, 3.63) is 40.2 Å². The molecule has 4 heterocycles. The maximum atomic E-state index is 12.9. The van der Waals surface area contributed by atoms with E-state index >= 15 is 0 Å². The predicted molar refractivity (Wildman–Crippen MR) is 117 cm³/mol. The maximum absolute atomic E-state index is 12.9. The van der Waals surface area contributed by atoms with Crippen LogP contribution in [0.1, 0.15) is 51.1 Å². The number of ether oxygens (including phenoxy) is 1. The van der Waals surface area contributed by atoms with Gasteiger partial charge < -0.3 is 19.4 Å². The smallest absolute Gasteiger partial charge is 0.341 e. The van der Waals surface area contributed by atoms with Crippen LogP contribution in [0.5, 0.6) is 0 Å². The Morgan fingerprint density at radius 3 is 2.69 bits per heavy atom. The van der Waals surface area contributed by atoms with Gasteiger partial charge in [0.05, 0.1) is 29.9 Å². The molecule has 0 saturated carbocycles. The molecule has 1 N–H and O–H groups in total. The number of fused-ring (bicyclic) bond motifs is 1. The molecule has 4 rings (SSSR count).